The number of methoxy groups -OCH3 is 1. The van der Waals surface area contributed by atoms with E-state index < -0.39 is 12.5 Å². The van der Waals surface area contributed by atoms with Crippen molar-refractivity contribution >= 4 is 17.0 Å². The minimum absolute atomic E-state index is 1.31. The number of hydrogen-bond acceptors (Lipinski definition) is 2. The van der Waals surface area contributed by atoms with Gasteiger partial charge in [-0.25, -0.2) is 4.79 Å². The average molecular weight is 97.5 g/mol. The molecule has 0 amide bonds. The Hall–Kier alpha value is -0.240. The largest absolute Gasteiger partial charge is 0.457 e. The predicted octanol–water partition coefficient (Wildman–Crippen LogP) is 0.992. The van der Waals surface area contributed by atoms with Crippen LogP contribution >= 0.6 is 11.6 Å². The zero-order valence-corrected chi connectivity index (χ0v) is 2.95. The lowest BCUT2D eigenvalue weighted by atomic mass is 11.5. The molecule has 0 radical (unpaired) electrons. The second-order valence-electron chi connectivity index (χ2n) is 0.340. The molecule has 0 unspecified atom stereocenters. The minimum atomic E-state index is -2.71. The summed E-state index contributed by atoms with van der Waals surface area (Å²) in [5, 5.41) is 0. The highest BCUT2D eigenvalue weighted by Gasteiger charge is 1.80. The molecule has 0 saturated carbocycles. The van der Waals surface area contributed by atoms with Gasteiger partial charge in [0.15, 0.2) is 0 Å². The Morgan fingerprint density at radius 3 is 3.00 bits per heavy atom. The van der Waals surface area contributed by atoms with E-state index >= 15 is 0 Å². The van der Waals surface area contributed by atoms with Crippen LogP contribution in [0.25, 0.3) is 0 Å². The maximum atomic E-state index is 9.64. The molecule has 0 aromatic carbocycles. The fraction of sp³-hybridized carbons (Fsp3) is 0.500. The van der Waals surface area contributed by atoms with Gasteiger partial charge >= 0.3 is 5.43 Å². The molecule has 0 fully saturated rings. The van der Waals surface area contributed by atoms with Gasteiger partial charge in [0.25, 0.3) is 0 Å². The summed E-state index contributed by atoms with van der Waals surface area (Å²) in [5.74, 6) is 0. The average Bonchev–Trinajstić information content (AvgIpc) is 1.21. The fourth-order valence-corrected chi connectivity index (χ4v) is 0. The third-order valence-electron chi connectivity index (χ3n) is 0.0802. The molecule has 5 heavy (non-hydrogen) atoms. The van der Waals surface area contributed by atoms with Crippen LogP contribution < -0.4 is 0 Å². The monoisotopic (exact) mass is 97.0 g/mol. The molecule has 3 heteroatoms. The predicted molar refractivity (Wildman–Crippen MR) is 18.3 cm³/mol. The van der Waals surface area contributed by atoms with E-state index in [4.69, 9.17) is 4.11 Å². The van der Waals surface area contributed by atoms with Crippen molar-refractivity contribution in [3.05, 3.63) is 0 Å². The van der Waals surface area contributed by atoms with E-state index in [0.717, 1.165) is 0 Å². The quantitative estimate of drug-likeness (QED) is 0.422. The highest BCUT2D eigenvalue weighted by molar-refractivity contribution is 6.61. The van der Waals surface area contributed by atoms with Gasteiger partial charge in [-0.05, 0) is 0 Å². The summed E-state index contributed by atoms with van der Waals surface area (Å²) < 4.78 is 22.4. The third-order valence-corrected chi connectivity index (χ3v) is 0.157. The van der Waals surface area contributed by atoms with Crippen molar-refractivity contribution in [2.45, 2.75) is 0 Å². The third kappa shape index (κ3) is 3.76. The molecular formula is C2H3ClO2. The van der Waals surface area contributed by atoms with Crippen molar-refractivity contribution < 1.29 is 13.6 Å². The summed E-state index contributed by atoms with van der Waals surface area (Å²) >= 11 is 4.54. The van der Waals surface area contributed by atoms with E-state index in [9.17, 15) is 4.79 Å². The van der Waals surface area contributed by atoms with Crippen LogP contribution in [0.15, 0.2) is 0 Å². The molecule has 0 rings (SSSR count). The van der Waals surface area contributed by atoms with Gasteiger partial charge in [-0.1, -0.05) is 0 Å². The molecule has 0 bridgehead atoms. The number of halogens is 1. The van der Waals surface area contributed by atoms with Crippen LogP contribution in [0.2, 0.25) is 0 Å². The van der Waals surface area contributed by atoms with Crippen molar-refractivity contribution in [3.63, 3.8) is 0 Å². The van der Waals surface area contributed by atoms with E-state index in [2.05, 4.69) is 16.3 Å². The summed E-state index contributed by atoms with van der Waals surface area (Å²) in [5.41, 5.74) is -1.31. The zero-order valence-electron chi connectivity index (χ0n) is 5.19. The summed E-state index contributed by atoms with van der Waals surface area (Å²) in [6.07, 6.45) is 0. The van der Waals surface area contributed by atoms with Crippen LogP contribution in [-0.2, 0) is 4.74 Å². The van der Waals surface area contributed by atoms with Gasteiger partial charge in [-0.3, -0.25) is 0 Å². The molecule has 0 aromatic rings. The van der Waals surface area contributed by atoms with Crippen molar-refractivity contribution in [1.29, 1.82) is 0 Å². The summed E-state index contributed by atoms with van der Waals surface area (Å²) in [6.45, 7) is 0. The first-order chi connectivity index (χ1) is 3.42. The van der Waals surface area contributed by atoms with Gasteiger partial charge < -0.3 is 4.74 Å². The lowest BCUT2D eigenvalue weighted by Crippen LogP contribution is -1.80. The Morgan fingerprint density at radius 2 is 3.00 bits per heavy atom. The first-order valence-electron chi connectivity index (χ1n) is 2.30. The van der Waals surface area contributed by atoms with Gasteiger partial charge in [0.2, 0.25) is 0 Å². The lowest BCUT2D eigenvalue weighted by molar-refractivity contribution is 0.198. The van der Waals surface area contributed by atoms with Crippen molar-refractivity contribution in [1.82, 2.24) is 0 Å². The lowest BCUT2D eigenvalue weighted by Gasteiger charge is -1.77. The van der Waals surface area contributed by atoms with Crippen LogP contribution in [0, 0.1) is 0 Å². The fourth-order valence-electron chi connectivity index (χ4n) is 0. The zero-order chi connectivity index (χ0) is 6.78. The maximum absolute atomic E-state index is 9.64. The topological polar surface area (TPSA) is 26.3 Å². The highest BCUT2D eigenvalue weighted by Crippen LogP contribution is 1.78. The molecular weight excluding hydrogens is 91.5 g/mol. The molecule has 0 N–H and O–H groups in total. The molecule has 0 aromatic heterocycles. The van der Waals surface area contributed by atoms with Crippen LogP contribution in [-0.4, -0.2) is 12.5 Å². The number of ether oxygens (including phenoxy) is 1. The Morgan fingerprint density at radius 1 is 2.40 bits per heavy atom. The summed E-state index contributed by atoms with van der Waals surface area (Å²) in [7, 11) is -2.71. The summed E-state index contributed by atoms with van der Waals surface area (Å²) in [6, 6.07) is 0. The van der Waals surface area contributed by atoms with Crippen molar-refractivity contribution in [2.24, 2.45) is 0 Å². The highest BCUT2D eigenvalue weighted by atomic mass is 35.5. The molecule has 2 nitrogen and oxygen atoms in total. The minimum Gasteiger partial charge on any atom is -0.457 e. The molecule has 0 saturated heterocycles. The van der Waals surface area contributed by atoms with Crippen LogP contribution in [0.3, 0.4) is 0 Å². The molecule has 0 atom stereocenters. The molecule has 0 aliphatic heterocycles. The second-order valence-corrected chi connectivity index (χ2v) is 0.648. The molecule has 0 heterocycles. The van der Waals surface area contributed by atoms with Crippen LogP contribution in [0.4, 0.5) is 4.79 Å². The van der Waals surface area contributed by atoms with E-state index in [-0.39, 0.29) is 0 Å². The van der Waals surface area contributed by atoms with Gasteiger partial charge in [0.05, 0.1) is 11.2 Å². The molecule has 30 valence electrons. The number of hydrogen-bond donors (Lipinski definition) is 0. The first kappa shape index (κ1) is 1.47. The van der Waals surface area contributed by atoms with Gasteiger partial charge in [0, 0.05) is 11.6 Å². The van der Waals surface area contributed by atoms with Crippen molar-refractivity contribution in [3.8, 4) is 0 Å². The van der Waals surface area contributed by atoms with E-state index in [1.807, 2.05) is 0 Å². The van der Waals surface area contributed by atoms with E-state index in [1.54, 1.807) is 0 Å². The molecule has 0 aliphatic rings. The van der Waals surface area contributed by atoms with Gasteiger partial charge in [-0.15, -0.1) is 0 Å². The molecule has 0 spiro atoms. The number of rotatable bonds is 0. The van der Waals surface area contributed by atoms with Crippen LogP contribution in [0.5, 0.6) is 0 Å². The Bertz CT molecular complexity index is 97.9. The van der Waals surface area contributed by atoms with Gasteiger partial charge in [-0.2, -0.15) is 0 Å². The standard InChI is InChI=1S/C2H3ClO2/c1-5-2(3)4/h1H3/i1D3. The number of carbonyl (C=O) groups is 1. The van der Waals surface area contributed by atoms with E-state index in [1.165, 1.54) is 0 Å². The Balaban J connectivity index is 3.55. The van der Waals surface area contributed by atoms with Gasteiger partial charge in [0.1, 0.15) is 0 Å². The Labute approximate surface area is 38.9 Å². The Kier molecular flexibility index (Phi) is 0.597. The SMILES string of the molecule is [2H]C([2H])([2H])OC(=O)Cl. The smallest absolute Gasteiger partial charge is 0.403 e. The summed E-state index contributed by atoms with van der Waals surface area (Å²) in [4.78, 5) is 9.64. The van der Waals surface area contributed by atoms with Crippen LogP contribution in [0.1, 0.15) is 4.11 Å². The first-order valence-corrected chi connectivity index (χ1v) is 1.18. The van der Waals surface area contributed by atoms with Crippen molar-refractivity contribution in [2.75, 3.05) is 7.04 Å². The maximum Gasteiger partial charge on any atom is 0.403 e. The second kappa shape index (κ2) is 2.03. The number of carbonyl (C=O) groups excluding carboxylic acids is 1. The molecule has 0 aliphatic carbocycles. The van der Waals surface area contributed by atoms with E-state index in [0.29, 0.717) is 0 Å². The normalized spacial score (nSPS) is 18.2.